The zero-order valence-electron chi connectivity index (χ0n) is 13.4. The number of halogens is 2. The third-order valence-corrected chi connectivity index (χ3v) is 6.00. The number of hydrogen-bond donors (Lipinski definition) is 1. The van der Waals surface area contributed by atoms with Crippen molar-refractivity contribution < 1.29 is 13.2 Å². The van der Waals surface area contributed by atoms with Crippen LogP contribution < -0.4 is 5.32 Å². The van der Waals surface area contributed by atoms with E-state index < -0.39 is 9.84 Å². The molecule has 1 N–H and O–H groups in total. The average Bonchev–Trinajstić information content (AvgIpc) is 2.94. The van der Waals surface area contributed by atoms with Gasteiger partial charge in [-0.1, -0.05) is 40.6 Å². The van der Waals surface area contributed by atoms with E-state index in [-0.39, 0.29) is 10.8 Å². The molecule has 1 amide bonds. The van der Waals surface area contributed by atoms with Crippen LogP contribution in [0.1, 0.15) is 5.56 Å². The number of anilines is 1. The van der Waals surface area contributed by atoms with Crippen LogP contribution in [0, 0.1) is 0 Å². The second kappa shape index (κ2) is 7.36. The SMILES string of the molecule is CS(=O)(=O)c1ccc2nc(NC(=O)C=Cc3ccc(Cl)cc3Cl)sc2c1. The van der Waals surface area contributed by atoms with E-state index in [0.717, 1.165) is 6.26 Å². The first-order chi connectivity index (χ1) is 12.2. The van der Waals surface area contributed by atoms with Crippen molar-refractivity contribution in [2.45, 2.75) is 4.90 Å². The van der Waals surface area contributed by atoms with Crippen molar-refractivity contribution in [2.24, 2.45) is 0 Å². The zero-order valence-corrected chi connectivity index (χ0v) is 16.5. The van der Waals surface area contributed by atoms with Crippen molar-refractivity contribution in [1.82, 2.24) is 4.98 Å². The van der Waals surface area contributed by atoms with Gasteiger partial charge in [0.25, 0.3) is 0 Å². The first-order valence-electron chi connectivity index (χ1n) is 7.27. The number of benzene rings is 2. The van der Waals surface area contributed by atoms with Gasteiger partial charge in [0.1, 0.15) is 0 Å². The lowest BCUT2D eigenvalue weighted by atomic mass is 10.2. The van der Waals surface area contributed by atoms with Crippen LogP contribution in [0.25, 0.3) is 16.3 Å². The number of carbonyl (C=O) groups excluding carboxylic acids is 1. The molecule has 5 nitrogen and oxygen atoms in total. The second-order valence-corrected chi connectivity index (χ2v) is 9.30. The molecule has 26 heavy (non-hydrogen) atoms. The maximum atomic E-state index is 12.1. The number of nitrogens with one attached hydrogen (secondary N) is 1. The summed E-state index contributed by atoms with van der Waals surface area (Å²) in [7, 11) is -3.30. The third kappa shape index (κ3) is 4.42. The van der Waals surface area contributed by atoms with Crippen LogP contribution in [-0.2, 0) is 14.6 Å². The van der Waals surface area contributed by atoms with Gasteiger partial charge in [-0.25, -0.2) is 13.4 Å². The summed E-state index contributed by atoms with van der Waals surface area (Å²) in [5.41, 5.74) is 1.27. The molecule has 0 saturated carbocycles. The summed E-state index contributed by atoms with van der Waals surface area (Å²) in [5, 5.41) is 3.98. The van der Waals surface area contributed by atoms with Gasteiger partial charge in [0.15, 0.2) is 15.0 Å². The van der Waals surface area contributed by atoms with E-state index in [1.165, 1.54) is 23.5 Å². The number of thiazole rings is 1. The van der Waals surface area contributed by atoms with Crippen molar-refractivity contribution >= 4 is 71.7 Å². The molecule has 0 bridgehead atoms. The lowest BCUT2D eigenvalue weighted by Crippen LogP contribution is -2.07. The molecule has 134 valence electrons. The molecule has 3 aromatic rings. The second-order valence-electron chi connectivity index (χ2n) is 5.41. The highest BCUT2D eigenvalue weighted by molar-refractivity contribution is 7.90. The van der Waals surface area contributed by atoms with E-state index in [1.807, 2.05) is 0 Å². The molecule has 0 unspecified atom stereocenters. The number of amides is 1. The van der Waals surface area contributed by atoms with Gasteiger partial charge in [0.05, 0.1) is 15.1 Å². The minimum Gasteiger partial charge on any atom is -0.298 e. The Bertz CT molecular complexity index is 1140. The molecular weight excluding hydrogens is 415 g/mol. The van der Waals surface area contributed by atoms with Gasteiger partial charge >= 0.3 is 0 Å². The van der Waals surface area contributed by atoms with Crippen molar-refractivity contribution in [3.05, 3.63) is 58.1 Å². The molecule has 0 saturated heterocycles. The molecule has 0 spiro atoms. The topological polar surface area (TPSA) is 76.1 Å². The molecule has 0 aliphatic heterocycles. The van der Waals surface area contributed by atoms with Crippen LogP contribution in [0.15, 0.2) is 47.4 Å². The van der Waals surface area contributed by atoms with Gasteiger partial charge in [-0.05, 0) is 42.0 Å². The van der Waals surface area contributed by atoms with E-state index in [0.29, 0.717) is 31.0 Å². The fourth-order valence-electron chi connectivity index (χ4n) is 2.14. The number of carbonyl (C=O) groups is 1. The van der Waals surface area contributed by atoms with Crippen LogP contribution >= 0.6 is 34.5 Å². The van der Waals surface area contributed by atoms with Gasteiger partial charge < -0.3 is 0 Å². The lowest BCUT2D eigenvalue weighted by molar-refractivity contribution is -0.111. The van der Waals surface area contributed by atoms with Crippen molar-refractivity contribution in [3.8, 4) is 0 Å². The minimum absolute atomic E-state index is 0.212. The average molecular weight is 427 g/mol. The first-order valence-corrected chi connectivity index (χ1v) is 10.7. The Hall–Kier alpha value is -1.93. The summed E-state index contributed by atoms with van der Waals surface area (Å²) < 4.78 is 23.9. The Kier molecular flexibility index (Phi) is 5.34. The predicted molar refractivity (Wildman–Crippen MR) is 107 cm³/mol. The Morgan fingerprint density at radius 1 is 1.19 bits per heavy atom. The molecule has 0 fully saturated rings. The molecule has 0 atom stereocenters. The van der Waals surface area contributed by atoms with E-state index in [1.54, 1.807) is 36.4 Å². The molecular formula is C17H12Cl2N2O3S2. The first kappa shape index (κ1) is 18.8. The molecule has 2 aromatic carbocycles. The number of aromatic nitrogens is 1. The quantitative estimate of drug-likeness (QED) is 0.615. The van der Waals surface area contributed by atoms with Crippen LogP contribution in [-0.4, -0.2) is 25.6 Å². The van der Waals surface area contributed by atoms with Crippen LogP contribution in [0.2, 0.25) is 10.0 Å². The van der Waals surface area contributed by atoms with Gasteiger partial charge in [0, 0.05) is 22.4 Å². The summed E-state index contributed by atoms with van der Waals surface area (Å²) in [6.07, 6.45) is 4.05. The number of nitrogens with zero attached hydrogens (tertiary/aromatic N) is 1. The largest absolute Gasteiger partial charge is 0.298 e. The van der Waals surface area contributed by atoms with Gasteiger partial charge in [-0.2, -0.15) is 0 Å². The van der Waals surface area contributed by atoms with E-state index in [4.69, 9.17) is 23.2 Å². The monoisotopic (exact) mass is 426 g/mol. The van der Waals surface area contributed by atoms with Crippen molar-refractivity contribution in [1.29, 1.82) is 0 Å². The van der Waals surface area contributed by atoms with Gasteiger partial charge in [-0.15, -0.1) is 0 Å². The number of rotatable bonds is 4. The molecule has 1 heterocycles. The third-order valence-electron chi connectivity index (χ3n) is 3.39. The van der Waals surface area contributed by atoms with Crippen LogP contribution in [0.5, 0.6) is 0 Å². The normalized spacial score (nSPS) is 12.0. The van der Waals surface area contributed by atoms with E-state index in [2.05, 4.69) is 10.3 Å². The van der Waals surface area contributed by atoms with Crippen LogP contribution in [0.3, 0.4) is 0 Å². The van der Waals surface area contributed by atoms with Gasteiger partial charge in [0.2, 0.25) is 5.91 Å². The summed E-state index contributed by atoms with van der Waals surface area (Å²) in [5.74, 6) is -0.376. The standard InChI is InChI=1S/C17H12Cl2N2O3S2/c1-26(23,24)12-5-6-14-15(9-12)25-17(20-14)21-16(22)7-3-10-2-4-11(18)8-13(10)19/h2-9H,1H3,(H,20,21,22). The van der Waals surface area contributed by atoms with Crippen LogP contribution in [0.4, 0.5) is 5.13 Å². The zero-order chi connectivity index (χ0) is 18.9. The highest BCUT2D eigenvalue weighted by atomic mass is 35.5. The van der Waals surface area contributed by atoms with Gasteiger partial charge in [-0.3, -0.25) is 10.1 Å². The fraction of sp³-hybridized carbons (Fsp3) is 0.0588. The maximum Gasteiger partial charge on any atom is 0.250 e. The van der Waals surface area contributed by atoms with Crippen molar-refractivity contribution in [3.63, 3.8) is 0 Å². The summed E-state index contributed by atoms with van der Waals surface area (Å²) in [6, 6.07) is 9.62. The maximum absolute atomic E-state index is 12.1. The Morgan fingerprint density at radius 3 is 2.65 bits per heavy atom. The Morgan fingerprint density at radius 2 is 1.96 bits per heavy atom. The molecule has 0 aliphatic rings. The highest BCUT2D eigenvalue weighted by Gasteiger charge is 2.11. The number of sulfone groups is 1. The summed E-state index contributed by atoms with van der Waals surface area (Å²) >= 11 is 13.1. The molecule has 9 heteroatoms. The fourth-order valence-corrected chi connectivity index (χ4v) is 4.24. The number of fused-ring (bicyclic) bond motifs is 1. The smallest absolute Gasteiger partial charge is 0.250 e. The van der Waals surface area contributed by atoms with E-state index in [9.17, 15) is 13.2 Å². The molecule has 3 rings (SSSR count). The lowest BCUT2D eigenvalue weighted by Gasteiger charge is -1.99. The molecule has 0 radical (unpaired) electrons. The minimum atomic E-state index is -3.30. The molecule has 1 aromatic heterocycles. The highest BCUT2D eigenvalue weighted by Crippen LogP contribution is 2.28. The summed E-state index contributed by atoms with van der Waals surface area (Å²) in [4.78, 5) is 16.6. The van der Waals surface area contributed by atoms with E-state index >= 15 is 0 Å². The molecule has 0 aliphatic carbocycles. The Balaban J connectivity index is 1.77. The van der Waals surface area contributed by atoms with Crippen molar-refractivity contribution in [2.75, 3.05) is 11.6 Å². The summed E-state index contributed by atoms with van der Waals surface area (Å²) in [6.45, 7) is 0. The predicted octanol–water partition coefficient (Wildman–Crippen LogP) is 4.66. The number of hydrogen-bond acceptors (Lipinski definition) is 5. The Labute approximate surface area is 164 Å².